The lowest BCUT2D eigenvalue weighted by Crippen LogP contribution is -2.51. The van der Waals surface area contributed by atoms with Crippen LogP contribution in [0.2, 0.25) is 0 Å². The Kier molecular flexibility index (Phi) is 3.59. The van der Waals surface area contributed by atoms with Crippen LogP contribution >= 0.6 is 0 Å². The summed E-state index contributed by atoms with van der Waals surface area (Å²) in [5.41, 5.74) is 7.21. The van der Waals surface area contributed by atoms with E-state index in [1.165, 1.54) is 12.1 Å². The summed E-state index contributed by atoms with van der Waals surface area (Å²) in [7, 11) is 0. The van der Waals surface area contributed by atoms with Gasteiger partial charge in [-0.05, 0) is 44.5 Å². The molecule has 18 heavy (non-hydrogen) atoms. The standard InChI is InChI=1S/C14H21FN2O/c1-10-7-17(9-14(2,3)18-10)8-11-6-12(15)4-5-13(11)16/h4-6,10H,7-9,16H2,1-3H3. The molecule has 2 N–H and O–H groups in total. The third kappa shape index (κ3) is 3.21. The van der Waals surface area contributed by atoms with Crippen molar-refractivity contribution in [3.05, 3.63) is 29.6 Å². The van der Waals surface area contributed by atoms with E-state index in [0.717, 1.165) is 18.7 Å². The summed E-state index contributed by atoms with van der Waals surface area (Å²) in [4.78, 5) is 2.26. The molecule has 1 unspecified atom stereocenters. The molecule has 3 nitrogen and oxygen atoms in total. The minimum absolute atomic E-state index is 0.167. The van der Waals surface area contributed by atoms with Crippen LogP contribution in [0.1, 0.15) is 26.3 Å². The predicted molar refractivity (Wildman–Crippen MR) is 70.7 cm³/mol. The molecule has 1 heterocycles. The van der Waals surface area contributed by atoms with Crippen molar-refractivity contribution in [1.82, 2.24) is 4.90 Å². The third-order valence-corrected chi connectivity index (χ3v) is 3.14. The number of nitrogens with zero attached hydrogens (tertiary/aromatic N) is 1. The summed E-state index contributed by atoms with van der Waals surface area (Å²) in [5, 5.41) is 0. The second-order valence-electron chi connectivity index (χ2n) is 5.70. The van der Waals surface area contributed by atoms with Gasteiger partial charge in [0, 0.05) is 25.3 Å². The molecule has 0 aliphatic carbocycles. The van der Waals surface area contributed by atoms with Crippen LogP contribution in [-0.2, 0) is 11.3 Å². The predicted octanol–water partition coefficient (Wildman–Crippen LogP) is 2.41. The lowest BCUT2D eigenvalue weighted by molar-refractivity contribution is -0.130. The molecule has 1 saturated heterocycles. The number of nitrogens with two attached hydrogens (primary N) is 1. The number of ether oxygens (including phenoxy) is 1. The molecule has 2 rings (SSSR count). The maximum atomic E-state index is 13.2. The molecule has 1 fully saturated rings. The average Bonchev–Trinajstić information content (AvgIpc) is 2.20. The van der Waals surface area contributed by atoms with E-state index in [0.29, 0.717) is 12.2 Å². The van der Waals surface area contributed by atoms with E-state index in [-0.39, 0.29) is 17.5 Å². The number of halogens is 1. The maximum Gasteiger partial charge on any atom is 0.123 e. The van der Waals surface area contributed by atoms with Crippen molar-refractivity contribution >= 4 is 5.69 Å². The number of morpholine rings is 1. The second-order valence-corrected chi connectivity index (χ2v) is 5.70. The first-order valence-corrected chi connectivity index (χ1v) is 6.30. The van der Waals surface area contributed by atoms with Gasteiger partial charge in [0.2, 0.25) is 0 Å². The fourth-order valence-corrected chi connectivity index (χ4v) is 2.66. The molecule has 100 valence electrons. The quantitative estimate of drug-likeness (QED) is 0.821. The Morgan fingerprint density at radius 1 is 1.50 bits per heavy atom. The highest BCUT2D eigenvalue weighted by Crippen LogP contribution is 2.24. The number of benzene rings is 1. The molecular weight excluding hydrogens is 231 g/mol. The van der Waals surface area contributed by atoms with Crippen molar-refractivity contribution in [2.75, 3.05) is 18.8 Å². The summed E-state index contributed by atoms with van der Waals surface area (Å²) in [6, 6.07) is 4.53. The topological polar surface area (TPSA) is 38.5 Å². The van der Waals surface area contributed by atoms with E-state index in [2.05, 4.69) is 25.7 Å². The highest BCUT2D eigenvalue weighted by Gasteiger charge is 2.31. The fraction of sp³-hybridized carbons (Fsp3) is 0.571. The van der Waals surface area contributed by atoms with Gasteiger partial charge in [0.05, 0.1) is 11.7 Å². The van der Waals surface area contributed by atoms with Gasteiger partial charge < -0.3 is 10.5 Å². The van der Waals surface area contributed by atoms with E-state index >= 15 is 0 Å². The number of nitrogen functional groups attached to an aromatic ring is 1. The summed E-state index contributed by atoms with van der Waals surface area (Å²) in [6.45, 7) is 8.55. The van der Waals surface area contributed by atoms with E-state index in [1.54, 1.807) is 6.07 Å². The number of anilines is 1. The van der Waals surface area contributed by atoms with Crippen LogP contribution < -0.4 is 5.73 Å². The van der Waals surface area contributed by atoms with Gasteiger partial charge in [-0.25, -0.2) is 4.39 Å². The summed E-state index contributed by atoms with van der Waals surface area (Å²) < 4.78 is 19.1. The highest BCUT2D eigenvalue weighted by molar-refractivity contribution is 5.46. The third-order valence-electron chi connectivity index (χ3n) is 3.14. The molecule has 0 aromatic heterocycles. The van der Waals surface area contributed by atoms with Gasteiger partial charge in [-0.15, -0.1) is 0 Å². The van der Waals surface area contributed by atoms with Crippen molar-refractivity contribution in [2.45, 2.75) is 39.0 Å². The van der Waals surface area contributed by atoms with Crippen LogP contribution in [0, 0.1) is 5.82 Å². The van der Waals surface area contributed by atoms with Gasteiger partial charge >= 0.3 is 0 Å². The van der Waals surface area contributed by atoms with E-state index in [4.69, 9.17) is 10.5 Å². The number of rotatable bonds is 2. The second kappa shape index (κ2) is 4.86. The van der Waals surface area contributed by atoms with Gasteiger partial charge in [0.1, 0.15) is 5.82 Å². The van der Waals surface area contributed by atoms with Crippen LogP contribution in [0.3, 0.4) is 0 Å². The van der Waals surface area contributed by atoms with Crippen LogP contribution in [0.5, 0.6) is 0 Å². The lowest BCUT2D eigenvalue weighted by atomic mass is 10.0. The lowest BCUT2D eigenvalue weighted by Gasteiger charge is -2.41. The first kappa shape index (κ1) is 13.3. The van der Waals surface area contributed by atoms with E-state index < -0.39 is 0 Å². The molecule has 1 aromatic rings. The number of hydrogen-bond donors (Lipinski definition) is 1. The SMILES string of the molecule is CC1CN(Cc2cc(F)ccc2N)CC(C)(C)O1. The molecule has 1 aliphatic heterocycles. The van der Waals surface area contributed by atoms with Crippen LogP contribution in [0.15, 0.2) is 18.2 Å². The fourth-order valence-electron chi connectivity index (χ4n) is 2.66. The monoisotopic (exact) mass is 252 g/mol. The van der Waals surface area contributed by atoms with E-state index in [9.17, 15) is 4.39 Å². The van der Waals surface area contributed by atoms with Crippen LogP contribution in [0.25, 0.3) is 0 Å². The Morgan fingerprint density at radius 2 is 2.22 bits per heavy atom. The Hall–Kier alpha value is -1.13. The molecule has 0 radical (unpaired) electrons. The molecule has 1 aromatic carbocycles. The summed E-state index contributed by atoms with van der Waals surface area (Å²) in [6.07, 6.45) is 0.184. The normalized spacial score (nSPS) is 24.1. The number of hydrogen-bond acceptors (Lipinski definition) is 3. The molecule has 0 spiro atoms. The zero-order chi connectivity index (χ0) is 13.3. The minimum atomic E-state index is -0.236. The van der Waals surface area contributed by atoms with Gasteiger partial charge in [-0.1, -0.05) is 0 Å². The van der Waals surface area contributed by atoms with Crippen molar-refractivity contribution in [3.8, 4) is 0 Å². The zero-order valence-corrected chi connectivity index (χ0v) is 11.2. The molecule has 0 bridgehead atoms. The molecular formula is C14H21FN2O. The minimum Gasteiger partial charge on any atom is -0.398 e. The Morgan fingerprint density at radius 3 is 2.89 bits per heavy atom. The average molecular weight is 252 g/mol. The molecule has 1 atom stereocenters. The first-order valence-electron chi connectivity index (χ1n) is 6.30. The van der Waals surface area contributed by atoms with E-state index in [1.807, 2.05) is 0 Å². The van der Waals surface area contributed by atoms with Crippen molar-refractivity contribution in [3.63, 3.8) is 0 Å². The molecule has 4 heteroatoms. The smallest absolute Gasteiger partial charge is 0.123 e. The van der Waals surface area contributed by atoms with Crippen LogP contribution in [-0.4, -0.2) is 29.7 Å². The Balaban J connectivity index is 2.11. The Labute approximate surface area is 108 Å². The molecule has 0 amide bonds. The zero-order valence-electron chi connectivity index (χ0n) is 11.2. The van der Waals surface area contributed by atoms with Crippen molar-refractivity contribution in [2.24, 2.45) is 0 Å². The highest BCUT2D eigenvalue weighted by atomic mass is 19.1. The van der Waals surface area contributed by atoms with Gasteiger partial charge in [0.25, 0.3) is 0 Å². The Bertz CT molecular complexity index is 434. The van der Waals surface area contributed by atoms with Gasteiger partial charge in [-0.3, -0.25) is 4.90 Å². The molecule has 0 saturated carbocycles. The van der Waals surface area contributed by atoms with Gasteiger partial charge in [-0.2, -0.15) is 0 Å². The summed E-state index contributed by atoms with van der Waals surface area (Å²) >= 11 is 0. The van der Waals surface area contributed by atoms with Crippen molar-refractivity contribution in [1.29, 1.82) is 0 Å². The van der Waals surface area contributed by atoms with Crippen molar-refractivity contribution < 1.29 is 9.13 Å². The first-order chi connectivity index (χ1) is 8.35. The largest absolute Gasteiger partial charge is 0.398 e. The maximum absolute atomic E-state index is 13.2. The van der Waals surface area contributed by atoms with Gasteiger partial charge in [0.15, 0.2) is 0 Å². The van der Waals surface area contributed by atoms with Crippen LogP contribution in [0.4, 0.5) is 10.1 Å². The molecule has 1 aliphatic rings. The summed E-state index contributed by atoms with van der Waals surface area (Å²) in [5.74, 6) is -0.236.